The minimum absolute atomic E-state index is 0.0864. The van der Waals surface area contributed by atoms with E-state index >= 15 is 0 Å². The van der Waals surface area contributed by atoms with Crippen molar-refractivity contribution in [2.45, 2.75) is 72.4 Å². The third-order valence-corrected chi connectivity index (χ3v) is 5.38. The van der Waals surface area contributed by atoms with Crippen molar-refractivity contribution in [3.05, 3.63) is 0 Å². The Labute approximate surface area is 130 Å². The van der Waals surface area contributed by atoms with Crippen LogP contribution >= 0.6 is 0 Å². The molecule has 1 aliphatic heterocycles. The second-order valence-corrected chi connectivity index (χ2v) is 7.87. The first kappa shape index (κ1) is 16.8. The fourth-order valence-electron chi connectivity index (χ4n) is 3.77. The SMILES string of the molecule is CCC(C1CC1)N1CC(NC(=O)C(C)C)CC(C(C)C)C1. The molecule has 3 heteroatoms. The number of carbonyl (C=O) groups is 1. The minimum atomic E-state index is 0.0864. The Hall–Kier alpha value is -0.570. The molecule has 2 fully saturated rings. The third-order valence-electron chi connectivity index (χ3n) is 5.38. The van der Waals surface area contributed by atoms with Crippen molar-refractivity contribution in [3.8, 4) is 0 Å². The lowest BCUT2D eigenvalue weighted by molar-refractivity contribution is -0.125. The molecule has 1 N–H and O–H groups in total. The summed E-state index contributed by atoms with van der Waals surface area (Å²) in [5.41, 5.74) is 0. The van der Waals surface area contributed by atoms with Gasteiger partial charge < -0.3 is 5.32 Å². The Morgan fingerprint density at radius 2 is 1.81 bits per heavy atom. The number of piperidine rings is 1. The van der Waals surface area contributed by atoms with E-state index in [2.05, 4.69) is 31.0 Å². The lowest BCUT2D eigenvalue weighted by atomic mass is 9.84. The highest BCUT2D eigenvalue weighted by molar-refractivity contribution is 5.78. The number of amides is 1. The summed E-state index contributed by atoms with van der Waals surface area (Å²) in [6.45, 7) is 13.2. The molecule has 0 radical (unpaired) electrons. The van der Waals surface area contributed by atoms with Crippen LogP contribution in [0.2, 0.25) is 0 Å². The molecule has 2 aliphatic rings. The molecular formula is C18H34N2O. The van der Waals surface area contributed by atoms with Gasteiger partial charge in [-0.05, 0) is 43.4 Å². The van der Waals surface area contributed by atoms with Crippen molar-refractivity contribution in [1.29, 1.82) is 0 Å². The van der Waals surface area contributed by atoms with E-state index in [9.17, 15) is 4.79 Å². The van der Waals surface area contributed by atoms with Gasteiger partial charge in [-0.2, -0.15) is 0 Å². The van der Waals surface area contributed by atoms with Crippen LogP contribution in [0, 0.1) is 23.7 Å². The van der Waals surface area contributed by atoms with Gasteiger partial charge in [0.2, 0.25) is 5.91 Å². The normalized spacial score (nSPS) is 28.9. The molecule has 3 unspecified atom stereocenters. The Kier molecular flexibility index (Phi) is 5.70. The van der Waals surface area contributed by atoms with Crippen molar-refractivity contribution in [3.63, 3.8) is 0 Å². The molecule has 1 aliphatic carbocycles. The average Bonchev–Trinajstić information content (AvgIpc) is 3.23. The lowest BCUT2D eigenvalue weighted by Crippen LogP contribution is -2.55. The van der Waals surface area contributed by atoms with Crippen LogP contribution in [0.25, 0.3) is 0 Å². The number of rotatable bonds is 6. The van der Waals surface area contributed by atoms with E-state index in [4.69, 9.17) is 0 Å². The molecule has 3 nitrogen and oxygen atoms in total. The summed E-state index contributed by atoms with van der Waals surface area (Å²) < 4.78 is 0. The van der Waals surface area contributed by atoms with Crippen LogP contribution in [0.1, 0.15) is 60.3 Å². The molecule has 1 saturated heterocycles. The van der Waals surface area contributed by atoms with Crippen LogP contribution in [0.3, 0.4) is 0 Å². The number of nitrogens with one attached hydrogen (secondary N) is 1. The second kappa shape index (κ2) is 7.13. The maximum atomic E-state index is 12.1. The maximum Gasteiger partial charge on any atom is 0.222 e. The van der Waals surface area contributed by atoms with Gasteiger partial charge in [0.15, 0.2) is 0 Å². The van der Waals surface area contributed by atoms with E-state index in [1.165, 1.54) is 25.8 Å². The average molecular weight is 294 g/mol. The van der Waals surface area contributed by atoms with Gasteiger partial charge in [-0.25, -0.2) is 0 Å². The molecule has 0 aromatic rings. The van der Waals surface area contributed by atoms with Gasteiger partial charge in [-0.1, -0.05) is 34.6 Å². The van der Waals surface area contributed by atoms with E-state index in [-0.39, 0.29) is 11.8 Å². The van der Waals surface area contributed by atoms with Gasteiger partial charge in [0, 0.05) is 31.1 Å². The van der Waals surface area contributed by atoms with Crippen LogP contribution in [0.15, 0.2) is 0 Å². The minimum Gasteiger partial charge on any atom is -0.352 e. The largest absolute Gasteiger partial charge is 0.352 e. The molecule has 0 spiro atoms. The van der Waals surface area contributed by atoms with Crippen LogP contribution in [0.5, 0.6) is 0 Å². The molecule has 122 valence electrons. The predicted octanol–water partition coefficient (Wildman–Crippen LogP) is 3.29. The maximum absolute atomic E-state index is 12.1. The van der Waals surface area contributed by atoms with E-state index in [0.29, 0.717) is 17.9 Å². The van der Waals surface area contributed by atoms with Crippen molar-refractivity contribution in [1.82, 2.24) is 10.2 Å². The summed E-state index contributed by atoms with van der Waals surface area (Å²) in [4.78, 5) is 14.7. The summed E-state index contributed by atoms with van der Waals surface area (Å²) in [7, 11) is 0. The summed E-state index contributed by atoms with van der Waals surface area (Å²) in [5.74, 6) is 2.63. The van der Waals surface area contributed by atoms with Gasteiger partial charge >= 0.3 is 0 Å². The molecule has 0 bridgehead atoms. The molecular weight excluding hydrogens is 260 g/mol. The Bertz CT molecular complexity index is 349. The first-order valence-electron chi connectivity index (χ1n) is 8.96. The van der Waals surface area contributed by atoms with E-state index in [0.717, 1.165) is 24.9 Å². The van der Waals surface area contributed by atoms with Crippen molar-refractivity contribution in [2.24, 2.45) is 23.7 Å². The van der Waals surface area contributed by atoms with Gasteiger partial charge in [-0.3, -0.25) is 9.69 Å². The summed E-state index contributed by atoms with van der Waals surface area (Å²) >= 11 is 0. The molecule has 0 aromatic heterocycles. The first-order valence-corrected chi connectivity index (χ1v) is 8.96. The van der Waals surface area contributed by atoms with Gasteiger partial charge in [-0.15, -0.1) is 0 Å². The number of carbonyl (C=O) groups excluding carboxylic acids is 1. The number of hydrogen-bond donors (Lipinski definition) is 1. The Balaban J connectivity index is 2.02. The first-order chi connectivity index (χ1) is 9.92. The van der Waals surface area contributed by atoms with Crippen LogP contribution in [-0.4, -0.2) is 36.0 Å². The third kappa shape index (κ3) is 4.45. The fourth-order valence-corrected chi connectivity index (χ4v) is 3.77. The molecule has 0 aromatic carbocycles. The number of nitrogens with zero attached hydrogens (tertiary/aromatic N) is 1. The zero-order valence-electron chi connectivity index (χ0n) is 14.6. The summed E-state index contributed by atoms with van der Waals surface area (Å²) in [5, 5.41) is 3.29. The molecule has 1 amide bonds. The smallest absolute Gasteiger partial charge is 0.222 e. The molecule has 1 heterocycles. The standard InChI is InChI=1S/C18H34N2O/c1-6-17(14-7-8-14)20-10-15(12(2)3)9-16(11-20)19-18(21)13(4)5/h12-17H,6-11H2,1-5H3,(H,19,21). The van der Waals surface area contributed by atoms with Gasteiger partial charge in [0.05, 0.1) is 0 Å². The van der Waals surface area contributed by atoms with Crippen molar-refractivity contribution < 1.29 is 4.79 Å². The highest BCUT2D eigenvalue weighted by Gasteiger charge is 2.39. The van der Waals surface area contributed by atoms with E-state index < -0.39 is 0 Å². The Morgan fingerprint density at radius 3 is 2.29 bits per heavy atom. The van der Waals surface area contributed by atoms with Crippen LogP contribution < -0.4 is 5.32 Å². The van der Waals surface area contributed by atoms with Crippen LogP contribution in [-0.2, 0) is 4.79 Å². The number of hydrogen-bond acceptors (Lipinski definition) is 2. The van der Waals surface area contributed by atoms with Gasteiger partial charge in [0.1, 0.15) is 0 Å². The summed E-state index contributed by atoms with van der Waals surface area (Å²) in [6, 6.07) is 1.08. The molecule has 21 heavy (non-hydrogen) atoms. The lowest BCUT2D eigenvalue weighted by Gasteiger charge is -2.43. The molecule has 1 saturated carbocycles. The van der Waals surface area contributed by atoms with E-state index in [1.54, 1.807) is 0 Å². The highest BCUT2D eigenvalue weighted by atomic mass is 16.1. The monoisotopic (exact) mass is 294 g/mol. The predicted molar refractivity (Wildman–Crippen MR) is 88.1 cm³/mol. The summed E-state index contributed by atoms with van der Waals surface area (Å²) in [6.07, 6.45) is 5.21. The Morgan fingerprint density at radius 1 is 1.14 bits per heavy atom. The quantitative estimate of drug-likeness (QED) is 0.815. The zero-order chi connectivity index (χ0) is 15.6. The topological polar surface area (TPSA) is 32.3 Å². The second-order valence-electron chi connectivity index (χ2n) is 7.87. The fraction of sp³-hybridized carbons (Fsp3) is 0.944. The van der Waals surface area contributed by atoms with Gasteiger partial charge in [0.25, 0.3) is 0 Å². The highest BCUT2D eigenvalue weighted by Crippen LogP contribution is 2.39. The number of likely N-dealkylation sites (tertiary alicyclic amines) is 1. The van der Waals surface area contributed by atoms with Crippen molar-refractivity contribution in [2.75, 3.05) is 13.1 Å². The molecule has 3 atom stereocenters. The van der Waals surface area contributed by atoms with Crippen molar-refractivity contribution >= 4 is 5.91 Å². The van der Waals surface area contributed by atoms with Crippen LogP contribution in [0.4, 0.5) is 0 Å². The van der Waals surface area contributed by atoms with E-state index in [1.807, 2.05) is 13.8 Å². The zero-order valence-corrected chi connectivity index (χ0v) is 14.6. The molecule has 2 rings (SSSR count).